The van der Waals surface area contributed by atoms with Crippen LogP contribution in [0.3, 0.4) is 0 Å². The number of rotatable bonds is 7. The number of nitrogens with one attached hydrogen (secondary N) is 1. The quantitative estimate of drug-likeness (QED) is 0.513. The van der Waals surface area contributed by atoms with Gasteiger partial charge in [-0.3, -0.25) is 0 Å². The van der Waals surface area contributed by atoms with Crippen molar-refractivity contribution in [3.63, 3.8) is 0 Å². The predicted molar refractivity (Wildman–Crippen MR) is 108 cm³/mol. The van der Waals surface area contributed by atoms with Crippen LogP contribution in [0, 0.1) is 0 Å². The smallest absolute Gasteiger partial charge is 0.120 e. The second-order valence-corrected chi connectivity index (χ2v) is 6.84. The predicted octanol–water partition coefficient (Wildman–Crippen LogP) is 6.20. The summed E-state index contributed by atoms with van der Waals surface area (Å²) < 4.78 is 7.01. The average molecular weight is 396 g/mol. The highest BCUT2D eigenvalue weighted by molar-refractivity contribution is 9.10. The number of hydrogen-bond donors (Lipinski definition) is 1. The zero-order valence-corrected chi connectivity index (χ0v) is 15.9. The van der Waals surface area contributed by atoms with E-state index < -0.39 is 0 Å². The molecule has 0 heterocycles. The molecule has 0 amide bonds. The van der Waals surface area contributed by atoms with Crippen molar-refractivity contribution >= 4 is 21.6 Å². The zero-order valence-electron chi connectivity index (χ0n) is 14.3. The fourth-order valence-electron chi connectivity index (χ4n) is 2.69. The molecule has 0 unspecified atom stereocenters. The van der Waals surface area contributed by atoms with E-state index in [9.17, 15) is 0 Å². The molecular weight excluding hydrogens is 374 g/mol. The summed E-state index contributed by atoms with van der Waals surface area (Å²) in [5.74, 6) is 0.894. The van der Waals surface area contributed by atoms with Crippen LogP contribution >= 0.6 is 15.9 Å². The highest BCUT2D eigenvalue weighted by Crippen LogP contribution is 2.19. The van der Waals surface area contributed by atoms with Crippen LogP contribution in [-0.2, 0) is 19.6 Å². The summed E-state index contributed by atoms with van der Waals surface area (Å²) in [6, 6.07) is 24.9. The lowest BCUT2D eigenvalue weighted by Crippen LogP contribution is -2.02. The van der Waals surface area contributed by atoms with Gasteiger partial charge in [0.1, 0.15) is 12.4 Å². The van der Waals surface area contributed by atoms with E-state index in [1.54, 1.807) is 0 Å². The van der Waals surface area contributed by atoms with Crippen LogP contribution in [0.15, 0.2) is 77.3 Å². The van der Waals surface area contributed by atoms with Gasteiger partial charge >= 0.3 is 0 Å². The normalized spacial score (nSPS) is 10.5. The molecule has 0 saturated carbocycles. The van der Waals surface area contributed by atoms with E-state index in [4.69, 9.17) is 4.74 Å². The third-order valence-electron chi connectivity index (χ3n) is 4.10. The minimum absolute atomic E-state index is 0.572. The summed E-state index contributed by atoms with van der Waals surface area (Å²) in [4.78, 5) is 0. The number of anilines is 1. The van der Waals surface area contributed by atoms with Gasteiger partial charge in [-0.25, -0.2) is 0 Å². The summed E-state index contributed by atoms with van der Waals surface area (Å²) in [7, 11) is 0. The molecule has 0 spiro atoms. The summed E-state index contributed by atoms with van der Waals surface area (Å²) in [6.45, 7) is 3.53. The fraction of sp³-hybridized carbons (Fsp3) is 0.182. The third kappa shape index (κ3) is 5.10. The second-order valence-electron chi connectivity index (χ2n) is 5.93. The monoisotopic (exact) mass is 395 g/mol. The Morgan fingerprint density at radius 1 is 0.880 bits per heavy atom. The maximum atomic E-state index is 5.93. The molecule has 0 aromatic heterocycles. The molecule has 0 radical (unpaired) electrons. The Morgan fingerprint density at radius 3 is 2.48 bits per heavy atom. The van der Waals surface area contributed by atoms with Gasteiger partial charge in [-0.2, -0.15) is 0 Å². The van der Waals surface area contributed by atoms with E-state index in [1.165, 1.54) is 16.8 Å². The van der Waals surface area contributed by atoms with Crippen LogP contribution in [0.2, 0.25) is 0 Å². The molecule has 0 aliphatic heterocycles. The molecule has 0 aliphatic carbocycles. The SMILES string of the molecule is CCc1ccccc1NCc1cccc(OCc2ccc(Br)cc2)c1. The number of benzene rings is 3. The molecular formula is C22H22BrNO. The summed E-state index contributed by atoms with van der Waals surface area (Å²) >= 11 is 3.45. The Morgan fingerprint density at radius 2 is 1.68 bits per heavy atom. The molecule has 128 valence electrons. The minimum Gasteiger partial charge on any atom is -0.489 e. The van der Waals surface area contributed by atoms with Crippen molar-refractivity contribution in [2.45, 2.75) is 26.5 Å². The van der Waals surface area contributed by atoms with Gasteiger partial charge in [0.25, 0.3) is 0 Å². The van der Waals surface area contributed by atoms with Crippen LogP contribution in [0.5, 0.6) is 5.75 Å². The molecule has 0 bridgehead atoms. The van der Waals surface area contributed by atoms with Gasteiger partial charge in [-0.15, -0.1) is 0 Å². The Balaban J connectivity index is 1.60. The first-order valence-corrected chi connectivity index (χ1v) is 9.32. The van der Waals surface area contributed by atoms with Crippen LogP contribution < -0.4 is 10.1 Å². The highest BCUT2D eigenvalue weighted by atomic mass is 79.9. The molecule has 0 saturated heterocycles. The number of aryl methyl sites for hydroxylation is 1. The summed E-state index contributed by atoms with van der Waals surface area (Å²) in [6.07, 6.45) is 1.03. The van der Waals surface area contributed by atoms with E-state index in [-0.39, 0.29) is 0 Å². The van der Waals surface area contributed by atoms with E-state index in [0.717, 1.165) is 28.8 Å². The maximum Gasteiger partial charge on any atom is 0.120 e. The van der Waals surface area contributed by atoms with E-state index in [1.807, 2.05) is 24.3 Å². The zero-order chi connectivity index (χ0) is 17.5. The number of para-hydroxylation sites is 1. The van der Waals surface area contributed by atoms with Crippen LogP contribution in [0.1, 0.15) is 23.6 Å². The summed E-state index contributed by atoms with van der Waals surface area (Å²) in [5.41, 5.74) is 4.90. The molecule has 2 nitrogen and oxygen atoms in total. The highest BCUT2D eigenvalue weighted by Gasteiger charge is 2.02. The Bertz CT molecular complexity index is 814. The first-order valence-electron chi connectivity index (χ1n) is 8.52. The minimum atomic E-state index is 0.572. The first-order chi connectivity index (χ1) is 12.2. The Hall–Kier alpha value is -2.26. The molecule has 0 aliphatic rings. The Labute approximate surface area is 158 Å². The van der Waals surface area contributed by atoms with Gasteiger partial charge in [-0.05, 0) is 53.4 Å². The lowest BCUT2D eigenvalue weighted by molar-refractivity contribution is 0.306. The van der Waals surface area contributed by atoms with Gasteiger partial charge in [0.05, 0.1) is 0 Å². The summed E-state index contributed by atoms with van der Waals surface area (Å²) in [5, 5.41) is 3.53. The fourth-order valence-corrected chi connectivity index (χ4v) is 2.96. The number of ether oxygens (including phenoxy) is 1. The van der Waals surface area contributed by atoms with E-state index in [2.05, 4.69) is 76.7 Å². The maximum absolute atomic E-state index is 5.93. The van der Waals surface area contributed by atoms with Crippen molar-refractivity contribution in [3.05, 3.63) is 94.0 Å². The first kappa shape index (κ1) is 17.6. The van der Waals surface area contributed by atoms with Gasteiger partial charge in [-0.1, -0.05) is 65.3 Å². The van der Waals surface area contributed by atoms with Crippen molar-refractivity contribution in [1.29, 1.82) is 0 Å². The van der Waals surface area contributed by atoms with Crippen LogP contribution in [0.4, 0.5) is 5.69 Å². The molecule has 0 fully saturated rings. The van der Waals surface area contributed by atoms with Gasteiger partial charge in [0, 0.05) is 16.7 Å². The molecule has 3 aromatic carbocycles. The third-order valence-corrected chi connectivity index (χ3v) is 4.63. The van der Waals surface area contributed by atoms with Crippen molar-refractivity contribution in [1.82, 2.24) is 0 Å². The molecule has 25 heavy (non-hydrogen) atoms. The van der Waals surface area contributed by atoms with Crippen molar-refractivity contribution < 1.29 is 4.74 Å². The van der Waals surface area contributed by atoms with E-state index in [0.29, 0.717) is 6.61 Å². The molecule has 0 atom stereocenters. The topological polar surface area (TPSA) is 21.3 Å². The van der Waals surface area contributed by atoms with Gasteiger partial charge in [0.15, 0.2) is 0 Å². The number of hydrogen-bond acceptors (Lipinski definition) is 2. The molecule has 3 rings (SSSR count). The van der Waals surface area contributed by atoms with Crippen molar-refractivity contribution in [2.24, 2.45) is 0 Å². The lowest BCUT2D eigenvalue weighted by Gasteiger charge is -2.12. The molecule has 3 aromatic rings. The van der Waals surface area contributed by atoms with E-state index >= 15 is 0 Å². The van der Waals surface area contributed by atoms with Gasteiger partial charge < -0.3 is 10.1 Å². The van der Waals surface area contributed by atoms with Crippen molar-refractivity contribution in [3.8, 4) is 5.75 Å². The van der Waals surface area contributed by atoms with Crippen molar-refractivity contribution in [2.75, 3.05) is 5.32 Å². The number of halogens is 1. The van der Waals surface area contributed by atoms with Crippen LogP contribution in [0.25, 0.3) is 0 Å². The van der Waals surface area contributed by atoms with Gasteiger partial charge in [0.2, 0.25) is 0 Å². The Kier molecular flexibility index (Phi) is 6.13. The standard InChI is InChI=1S/C22H22BrNO/c1-2-19-7-3-4-9-22(19)24-15-18-6-5-8-21(14-18)25-16-17-10-12-20(23)13-11-17/h3-14,24H,2,15-16H2,1H3. The van der Waals surface area contributed by atoms with Crippen LogP contribution in [-0.4, -0.2) is 0 Å². The lowest BCUT2D eigenvalue weighted by atomic mass is 10.1. The molecule has 3 heteroatoms. The second kappa shape index (κ2) is 8.72. The molecule has 1 N–H and O–H groups in total. The average Bonchev–Trinajstić information content (AvgIpc) is 2.66. The largest absolute Gasteiger partial charge is 0.489 e.